The van der Waals surface area contributed by atoms with Crippen LogP contribution < -0.4 is 5.32 Å². The first-order chi connectivity index (χ1) is 8.59. The molecule has 1 heterocycles. The van der Waals surface area contributed by atoms with Crippen LogP contribution in [0.3, 0.4) is 0 Å². The minimum Gasteiger partial charge on any atom is -0.478 e. The molecular weight excluding hydrogens is 250 g/mol. The van der Waals surface area contributed by atoms with Gasteiger partial charge in [-0.25, -0.2) is 4.79 Å². The van der Waals surface area contributed by atoms with E-state index in [9.17, 15) is 4.79 Å². The Hall–Kier alpha value is -0.910. The van der Waals surface area contributed by atoms with Crippen LogP contribution in [0.25, 0.3) is 0 Å². The smallest absolute Gasteiger partial charge is 0.336 e. The molecule has 0 fully saturated rings. The topological polar surface area (TPSA) is 58.6 Å². The molecule has 0 aliphatic rings. The Morgan fingerprint density at radius 2 is 2.28 bits per heavy atom. The molecule has 0 aromatic carbocycles. The lowest BCUT2D eigenvalue weighted by Gasteiger charge is -2.06. The van der Waals surface area contributed by atoms with Crippen LogP contribution in [-0.4, -0.2) is 30.8 Å². The number of hydrogen-bond donors (Lipinski definition) is 2. The number of carbonyl (C=O) groups is 1. The zero-order valence-corrected chi connectivity index (χ0v) is 11.8. The van der Waals surface area contributed by atoms with Crippen LogP contribution in [0.1, 0.15) is 35.5 Å². The van der Waals surface area contributed by atoms with Gasteiger partial charge >= 0.3 is 5.97 Å². The second-order valence-corrected chi connectivity index (χ2v) is 5.57. The minimum absolute atomic E-state index is 0.366. The second-order valence-electron chi connectivity index (χ2n) is 4.58. The molecule has 1 aromatic heterocycles. The molecule has 0 amide bonds. The Balaban J connectivity index is 2.05. The van der Waals surface area contributed by atoms with Gasteiger partial charge in [-0.15, -0.1) is 11.3 Å². The van der Waals surface area contributed by atoms with Gasteiger partial charge in [-0.3, -0.25) is 0 Å². The Morgan fingerprint density at radius 1 is 1.50 bits per heavy atom. The van der Waals surface area contributed by atoms with Crippen LogP contribution in [0.5, 0.6) is 0 Å². The van der Waals surface area contributed by atoms with E-state index in [0.717, 1.165) is 24.4 Å². The maximum Gasteiger partial charge on any atom is 0.336 e. The summed E-state index contributed by atoms with van der Waals surface area (Å²) in [5, 5.41) is 13.7. The number of thiophene rings is 1. The number of rotatable bonds is 9. The molecule has 1 rings (SSSR count). The molecule has 0 atom stereocenters. The zero-order chi connectivity index (χ0) is 13.4. The third kappa shape index (κ3) is 6.14. The molecule has 0 aliphatic carbocycles. The van der Waals surface area contributed by atoms with Gasteiger partial charge in [-0.2, -0.15) is 0 Å². The van der Waals surface area contributed by atoms with Crippen molar-refractivity contribution in [3.05, 3.63) is 21.9 Å². The molecule has 102 valence electrons. The highest BCUT2D eigenvalue weighted by molar-refractivity contribution is 7.10. The minimum atomic E-state index is -0.866. The van der Waals surface area contributed by atoms with Gasteiger partial charge in [-0.05, 0) is 18.4 Å². The summed E-state index contributed by atoms with van der Waals surface area (Å²) >= 11 is 1.47. The number of nitrogens with one attached hydrogen (secondary N) is 1. The van der Waals surface area contributed by atoms with Gasteiger partial charge in [0, 0.05) is 30.0 Å². The summed E-state index contributed by atoms with van der Waals surface area (Å²) in [6.45, 7) is 7.35. The molecule has 5 heteroatoms. The Kier molecular flexibility index (Phi) is 6.93. The first kappa shape index (κ1) is 15.1. The number of ether oxygens (including phenoxy) is 1. The van der Waals surface area contributed by atoms with Crippen molar-refractivity contribution in [3.63, 3.8) is 0 Å². The predicted molar refractivity (Wildman–Crippen MR) is 73.3 cm³/mol. The molecule has 18 heavy (non-hydrogen) atoms. The standard InChI is InChI=1S/C13H21NO3S/c1-10(2)3-5-17-6-4-14-8-12-7-11(9-18-12)13(15)16/h7,9-10,14H,3-6,8H2,1-2H3,(H,15,16). The molecular formula is C13H21NO3S. The molecule has 0 saturated carbocycles. The van der Waals surface area contributed by atoms with Gasteiger partial charge in [0.25, 0.3) is 0 Å². The van der Waals surface area contributed by atoms with Crippen LogP contribution in [0.2, 0.25) is 0 Å². The quantitative estimate of drug-likeness (QED) is 0.678. The maximum atomic E-state index is 10.7. The van der Waals surface area contributed by atoms with E-state index in [0.29, 0.717) is 24.6 Å². The lowest BCUT2D eigenvalue weighted by atomic mass is 10.1. The molecule has 0 radical (unpaired) electrons. The molecule has 0 spiro atoms. The monoisotopic (exact) mass is 271 g/mol. The maximum absolute atomic E-state index is 10.7. The van der Waals surface area contributed by atoms with Gasteiger partial charge in [0.05, 0.1) is 12.2 Å². The fraction of sp³-hybridized carbons (Fsp3) is 0.615. The van der Waals surface area contributed by atoms with E-state index in [4.69, 9.17) is 9.84 Å². The molecule has 0 unspecified atom stereocenters. The van der Waals surface area contributed by atoms with Gasteiger partial charge in [-0.1, -0.05) is 13.8 Å². The van der Waals surface area contributed by atoms with E-state index in [-0.39, 0.29) is 0 Å². The number of carboxylic acids is 1. The highest BCUT2D eigenvalue weighted by Gasteiger charge is 2.05. The fourth-order valence-corrected chi connectivity index (χ4v) is 2.19. The van der Waals surface area contributed by atoms with E-state index >= 15 is 0 Å². The van der Waals surface area contributed by atoms with Crippen LogP contribution in [0, 0.1) is 5.92 Å². The number of carboxylic acid groups (broad SMARTS) is 1. The van der Waals surface area contributed by atoms with E-state index in [1.165, 1.54) is 11.3 Å². The summed E-state index contributed by atoms with van der Waals surface area (Å²) in [5.41, 5.74) is 0.366. The zero-order valence-electron chi connectivity index (χ0n) is 10.9. The second kappa shape index (κ2) is 8.24. The first-order valence-corrected chi connectivity index (χ1v) is 7.06. The average molecular weight is 271 g/mol. The van der Waals surface area contributed by atoms with E-state index < -0.39 is 5.97 Å². The van der Waals surface area contributed by atoms with Gasteiger partial charge in [0.15, 0.2) is 0 Å². The summed E-state index contributed by atoms with van der Waals surface area (Å²) < 4.78 is 5.47. The van der Waals surface area contributed by atoms with Crippen molar-refractivity contribution in [2.24, 2.45) is 5.92 Å². The molecule has 1 aromatic rings. The first-order valence-electron chi connectivity index (χ1n) is 6.18. The SMILES string of the molecule is CC(C)CCOCCNCc1cc(C(=O)O)cs1. The van der Waals surface area contributed by atoms with Crippen molar-refractivity contribution in [3.8, 4) is 0 Å². The Bertz CT molecular complexity index is 363. The Morgan fingerprint density at radius 3 is 2.89 bits per heavy atom. The lowest BCUT2D eigenvalue weighted by Crippen LogP contribution is -2.19. The summed E-state index contributed by atoms with van der Waals surface area (Å²) in [4.78, 5) is 11.7. The highest BCUT2D eigenvalue weighted by atomic mass is 32.1. The third-order valence-electron chi connectivity index (χ3n) is 2.46. The van der Waals surface area contributed by atoms with Crippen LogP contribution in [0.15, 0.2) is 11.4 Å². The van der Waals surface area contributed by atoms with E-state index in [1.807, 2.05) is 0 Å². The van der Waals surface area contributed by atoms with Crippen LogP contribution in [0.4, 0.5) is 0 Å². The van der Waals surface area contributed by atoms with Crippen LogP contribution >= 0.6 is 11.3 Å². The Labute approximate surface area is 112 Å². The van der Waals surface area contributed by atoms with E-state index in [1.54, 1.807) is 11.4 Å². The third-order valence-corrected chi connectivity index (χ3v) is 3.40. The normalized spacial score (nSPS) is 11.1. The fourth-order valence-electron chi connectivity index (χ4n) is 1.36. The molecule has 0 aliphatic heterocycles. The summed E-state index contributed by atoms with van der Waals surface area (Å²) in [5.74, 6) is -0.187. The molecule has 4 nitrogen and oxygen atoms in total. The number of hydrogen-bond acceptors (Lipinski definition) is 4. The average Bonchev–Trinajstić information content (AvgIpc) is 2.76. The van der Waals surface area contributed by atoms with Crippen molar-refractivity contribution >= 4 is 17.3 Å². The predicted octanol–water partition coefficient (Wildman–Crippen LogP) is 2.60. The van der Waals surface area contributed by atoms with Gasteiger partial charge in [0.2, 0.25) is 0 Å². The van der Waals surface area contributed by atoms with Gasteiger partial charge in [0.1, 0.15) is 0 Å². The molecule has 0 saturated heterocycles. The summed E-state index contributed by atoms with van der Waals surface area (Å²) in [6, 6.07) is 1.71. The van der Waals surface area contributed by atoms with Gasteiger partial charge < -0.3 is 15.2 Å². The van der Waals surface area contributed by atoms with E-state index in [2.05, 4.69) is 19.2 Å². The van der Waals surface area contributed by atoms with Crippen molar-refractivity contribution in [1.29, 1.82) is 0 Å². The highest BCUT2D eigenvalue weighted by Crippen LogP contribution is 2.14. The molecule has 2 N–H and O–H groups in total. The van der Waals surface area contributed by atoms with Crippen molar-refractivity contribution < 1.29 is 14.6 Å². The molecule has 0 bridgehead atoms. The van der Waals surface area contributed by atoms with Crippen LogP contribution in [-0.2, 0) is 11.3 Å². The lowest BCUT2D eigenvalue weighted by molar-refractivity contribution is 0.0697. The van der Waals surface area contributed by atoms with Crippen molar-refractivity contribution in [2.45, 2.75) is 26.8 Å². The summed E-state index contributed by atoms with van der Waals surface area (Å²) in [6.07, 6.45) is 1.09. The number of aromatic carboxylic acids is 1. The van der Waals surface area contributed by atoms with Crippen molar-refractivity contribution in [2.75, 3.05) is 19.8 Å². The summed E-state index contributed by atoms with van der Waals surface area (Å²) in [7, 11) is 0. The largest absolute Gasteiger partial charge is 0.478 e. The van der Waals surface area contributed by atoms with Crippen molar-refractivity contribution in [1.82, 2.24) is 5.32 Å².